The van der Waals surface area contributed by atoms with Crippen LogP contribution in [-0.4, -0.2) is 28.7 Å². The van der Waals surface area contributed by atoms with Crippen molar-refractivity contribution in [2.24, 2.45) is 0 Å². The lowest BCUT2D eigenvalue weighted by Crippen LogP contribution is -2.48. The molecule has 2 aliphatic rings. The van der Waals surface area contributed by atoms with Crippen LogP contribution in [0.4, 0.5) is 0 Å². The van der Waals surface area contributed by atoms with E-state index in [0.29, 0.717) is 6.10 Å². The van der Waals surface area contributed by atoms with E-state index < -0.39 is 0 Å². The molecule has 16 heavy (non-hydrogen) atoms. The summed E-state index contributed by atoms with van der Waals surface area (Å²) < 4.78 is 8.28. The fraction of sp³-hybridized carbons (Fsp3) is 0.538. The van der Waals surface area contributed by atoms with Gasteiger partial charge >= 0.3 is 0 Å². The highest BCUT2D eigenvalue weighted by atomic mass is 32.2. The summed E-state index contributed by atoms with van der Waals surface area (Å²) in [7, 11) is 0. The minimum atomic E-state index is 0.450. The molecule has 0 amide bonds. The van der Waals surface area contributed by atoms with Gasteiger partial charge in [0.1, 0.15) is 0 Å². The van der Waals surface area contributed by atoms with E-state index in [1.165, 1.54) is 18.4 Å². The number of ether oxygens (including phenoxy) is 1. The maximum Gasteiger partial charge on any atom is 0.0851 e. The molecule has 0 bridgehead atoms. The van der Waals surface area contributed by atoms with Gasteiger partial charge in [-0.3, -0.25) is 0 Å². The quantitative estimate of drug-likeness (QED) is 0.728. The Morgan fingerprint density at radius 2 is 1.94 bits per heavy atom. The Labute approximate surface area is 101 Å². The number of benzene rings is 1. The third-order valence-electron chi connectivity index (χ3n) is 2.97. The minimum Gasteiger partial charge on any atom is -0.371 e. The molecule has 3 heteroatoms. The molecule has 0 aromatic heterocycles. The normalized spacial score (nSPS) is 22.0. The van der Waals surface area contributed by atoms with Gasteiger partial charge in [0.25, 0.3) is 0 Å². The van der Waals surface area contributed by atoms with Gasteiger partial charge in [-0.15, -0.1) is 0 Å². The zero-order valence-electron chi connectivity index (χ0n) is 9.34. The van der Waals surface area contributed by atoms with Gasteiger partial charge in [0.05, 0.1) is 12.7 Å². The predicted molar refractivity (Wildman–Crippen MR) is 67.2 cm³/mol. The van der Waals surface area contributed by atoms with Gasteiger partial charge in [-0.2, -0.15) is 0 Å². The van der Waals surface area contributed by atoms with Gasteiger partial charge in [-0.05, 0) is 18.4 Å². The molecule has 1 aromatic rings. The van der Waals surface area contributed by atoms with E-state index in [1.54, 1.807) is 0 Å². The molecule has 0 N–H and O–H groups in total. The third kappa shape index (κ3) is 2.78. The first-order valence-corrected chi connectivity index (χ1v) is 6.81. The lowest BCUT2D eigenvalue weighted by molar-refractivity contribution is -0.0259. The first kappa shape index (κ1) is 10.6. The Balaban J connectivity index is 1.35. The molecule has 1 heterocycles. The minimum absolute atomic E-state index is 0.450. The maximum atomic E-state index is 5.84. The Hall–Kier alpha value is -0.510. The van der Waals surface area contributed by atoms with Gasteiger partial charge in [0.15, 0.2) is 0 Å². The van der Waals surface area contributed by atoms with Crippen molar-refractivity contribution >= 4 is 11.9 Å². The average molecular weight is 235 g/mol. The summed E-state index contributed by atoms with van der Waals surface area (Å²) in [6.45, 7) is 2.97. The average Bonchev–Trinajstić information content (AvgIpc) is 3.06. The van der Waals surface area contributed by atoms with Crippen LogP contribution in [0.2, 0.25) is 0 Å². The zero-order chi connectivity index (χ0) is 10.8. The lowest BCUT2D eigenvalue weighted by atomic mass is 10.2. The van der Waals surface area contributed by atoms with E-state index in [0.717, 1.165) is 24.9 Å². The molecule has 0 atom stereocenters. The van der Waals surface area contributed by atoms with Crippen LogP contribution >= 0.6 is 11.9 Å². The van der Waals surface area contributed by atoms with Crippen molar-refractivity contribution in [3.63, 3.8) is 0 Å². The summed E-state index contributed by atoms with van der Waals surface area (Å²) in [5, 5.41) is 0.926. The van der Waals surface area contributed by atoms with Crippen LogP contribution in [0.5, 0.6) is 0 Å². The van der Waals surface area contributed by atoms with Gasteiger partial charge < -0.3 is 4.74 Å². The summed E-state index contributed by atoms with van der Waals surface area (Å²) in [5.41, 5.74) is 1.27. The van der Waals surface area contributed by atoms with E-state index in [-0.39, 0.29) is 0 Å². The van der Waals surface area contributed by atoms with Crippen molar-refractivity contribution < 1.29 is 4.74 Å². The first-order valence-electron chi connectivity index (χ1n) is 5.97. The highest BCUT2D eigenvalue weighted by Crippen LogP contribution is 2.38. The summed E-state index contributed by atoms with van der Waals surface area (Å²) in [5.74, 6) is 0. The molecular weight excluding hydrogens is 218 g/mol. The van der Waals surface area contributed by atoms with Crippen LogP contribution < -0.4 is 0 Å². The molecule has 0 unspecified atom stereocenters. The lowest BCUT2D eigenvalue weighted by Gasteiger charge is -2.37. The molecule has 1 saturated heterocycles. The van der Waals surface area contributed by atoms with Crippen LogP contribution in [-0.2, 0) is 11.3 Å². The Kier molecular flexibility index (Phi) is 3.18. The number of hydrogen-bond donors (Lipinski definition) is 0. The first-order chi connectivity index (χ1) is 7.90. The smallest absolute Gasteiger partial charge is 0.0851 e. The van der Waals surface area contributed by atoms with E-state index in [4.69, 9.17) is 4.74 Å². The molecule has 2 fully saturated rings. The molecule has 86 valence electrons. The molecule has 2 nitrogen and oxygen atoms in total. The molecule has 1 saturated carbocycles. The van der Waals surface area contributed by atoms with Gasteiger partial charge in [0, 0.05) is 18.3 Å². The molecule has 3 rings (SSSR count). The highest BCUT2D eigenvalue weighted by molar-refractivity contribution is 7.97. The van der Waals surface area contributed by atoms with E-state index in [9.17, 15) is 0 Å². The Morgan fingerprint density at radius 3 is 2.62 bits per heavy atom. The van der Waals surface area contributed by atoms with Crippen molar-refractivity contribution in [2.75, 3.05) is 13.1 Å². The van der Waals surface area contributed by atoms with Crippen LogP contribution in [0, 0.1) is 0 Å². The van der Waals surface area contributed by atoms with Gasteiger partial charge in [-0.25, -0.2) is 4.31 Å². The number of nitrogens with zero attached hydrogens (tertiary/aromatic N) is 1. The van der Waals surface area contributed by atoms with Crippen LogP contribution in [0.3, 0.4) is 0 Å². The second-order valence-electron chi connectivity index (χ2n) is 4.57. The van der Waals surface area contributed by atoms with E-state index in [2.05, 4.69) is 28.6 Å². The second-order valence-corrected chi connectivity index (χ2v) is 5.96. The van der Waals surface area contributed by atoms with Crippen LogP contribution in [0.15, 0.2) is 30.3 Å². The van der Waals surface area contributed by atoms with Gasteiger partial charge in [0.2, 0.25) is 0 Å². The largest absolute Gasteiger partial charge is 0.371 e. The van der Waals surface area contributed by atoms with Crippen molar-refractivity contribution in [1.29, 1.82) is 0 Å². The second kappa shape index (κ2) is 4.78. The predicted octanol–water partition coefficient (Wildman–Crippen LogP) is 2.70. The van der Waals surface area contributed by atoms with E-state index in [1.807, 2.05) is 18.0 Å². The zero-order valence-corrected chi connectivity index (χ0v) is 10.2. The number of rotatable bonds is 5. The molecule has 1 aromatic carbocycles. The highest BCUT2D eigenvalue weighted by Gasteiger charge is 2.33. The van der Waals surface area contributed by atoms with Crippen LogP contribution in [0.1, 0.15) is 18.4 Å². The molecule has 1 aliphatic carbocycles. The van der Waals surface area contributed by atoms with Crippen molar-refractivity contribution in [3.05, 3.63) is 35.9 Å². The SMILES string of the molecule is c1ccc(COC2CN(SC3CC3)C2)cc1. The van der Waals surface area contributed by atoms with E-state index >= 15 is 0 Å². The van der Waals surface area contributed by atoms with Crippen molar-refractivity contribution in [2.45, 2.75) is 30.8 Å². The third-order valence-corrected chi connectivity index (χ3v) is 4.33. The maximum absolute atomic E-state index is 5.84. The summed E-state index contributed by atoms with van der Waals surface area (Å²) in [6, 6.07) is 10.4. The summed E-state index contributed by atoms with van der Waals surface area (Å²) in [6.07, 6.45) is 3.28. The Morgan fingerprint density at radius 1 is 1.19 bits per heavy atom. The summed E-state index contributed by atoms with van der Waals surface area (Å²) in [4.78, 5) is 0. The summed E-state index contributed by atoms with van der Waals surface area (Å²) >= 11 is 2.03. The molecule has 1 aliphatic heterocycles. The molecule has 0 spiro atoms. The molecular formula is C13H17NOS. The monoisotopic (exact) mass is 235 g/mol. The van der Waals surface area contributed by atoms with Crippen molar-refractivity contribution in [3.8, 4) is 0 Å². The topological polar surface area (TPSA) is 12.5 Å². The molecule has 0 radical (unpaired) electrons. The Bertz CT molecular complexity index is 333. The van der Waals surface area contributed by atoms with Crippen LogP contribution in [0.25, 0.3) is 0 Å². The standard InChI is InChI=1S/C13H17NOS/c1-2-4-11(5-3-1)10-15-12-8-14(9-12)16-13-6-7-13/h1-5,12-13H,6-10H2. The fourth-order valence-corrected chi connectivity index (χ4v) is 3.04. The van der Waals surface area contributed by atoms with Gasteiger partial charge in [-0.1, -0.05) is 42.3 Å². The fourth-order valence-electron chi connectivity index (χ4n) is 1.76. The number of hydrogen-bond acceptors (Lipinski definition) is 3. The van der Waals surface area contributed by atoms with Crippen molar-refractivity contribution in [1.82, 2.24) is 4.31 Å².